The van der Waals surface area contributed by atoms with E-state index >= 15 is 0 Å². The molecule has 0 atom stereocenters. The largest absolute Gasteiger partial charge is 0.491 e. The Morgan fingerprint density at radius 1 is 1.26 bits per heavy atom. The molecule has 5 N–H and O–H groups in total. The molecule has 3 aromatic rings. The van der Waals surface area contributed by atoms with Gasteiger partial charge in [-0.2, -0.15) is 5.10 Å². The molecule has 0 saturated heterocycles. The minimum absolute atomic E-state index is 0.0689. The van der Waals surface area contributed by atoms with Gasteiger partial charge in [0.15, 0.2) is 5.82 Å². The van der Waals surface area contributed by atoms with Gasteiger partial charge in [-0.15, -0.1) is 0 Å². The number of benzene rings is 1. The molecule has 0 unspecified atom stereocenters. The van der Waals surface area contributed by atoms with Crippen LogP contribution >= 0.6 is 0 Å². The first-order chi connectivity index (χ1) is 16.4. The van der Waals surface area contributed by atoms with Gasteiger partial charge in [-0.1, -0.05) is 18.9 Å². The van der Waals surface area contributed by atoms with Crippen molar-refractivity contribution in [3.05, 3.63) is 42.4 Å². The Hall–Kier alpha value is -3.67. The van der Waals surface area contributed by atoms with Crippen LogP contribution in [0, 0.1) is 5.92 Å². The number of primary amides is 1. The number of carbonyl (C=O) groups excluding carboxylic acids is 1. The summed E-state index contributed by atoms with van der Waals surface area (Å²) in [5.74, 6) is 0.630. The van der Waals surface area contributed by atoms with Crippen LogP contribution in [0.1, 0.15) is 43.0 Å². The van der Waals surface area contributed by atoms with E-state index in [9.17, 15) is 13.2 Å². The van der Waals surface area contributed by atoms with Gasteiger partial charge in [-0.05, 0) is 37.8 Å². The Balaban J connectivity index is 1.69. The Morgan fingerprint density at radius 2 is 2.06 bits per heavy atom. The van der Waals surface area contributed by atoms with Gasteiger partial charge in [0, 0.05) is 18.0 Å². The minimum Gasteiger partial charge on any atom is -0.491 e. The van der Waals surface area contributed by atoms with Gasteiger partial charge < -0.3 is 15.8 Å². The number of carbonyl (C=O) groups is 1. The van der Waals surface area contributed by atoms with Crippen molar-refractivity contribution in [2.24, 2.45) is 11.7 Å². The van der Waals surface area contributed by atoms with Gasteiger partial charge in [0.2, 0.25) is 10.0 Å². The second-order valence-corrected chi connectivity index (χ2v) is 10.1. The van der Waals surface area contributed by atoms with Crippen molar-refractivity contribution < 1.29 is 17.9 Å². The van der Waals surface area contributed by atoms with Crippen molar-refractivity contribution >= 4 is 33.3 Å². The number of rotatable bonds is 10. The lowest BCUT2D eigenvalue weighted by molar-refractivity contribution is 0.100. The van der Waals surface area contributed by atoms with E-state index in [-0.39, 0.29) is 17.1 Å². The van der Waals surface area contributed by atoms with Crippen LogP contribution in [0.5, 0.6) is 5.75 Å². The summed E-state index contributed by atoms with van der Waals surface area (Å²) in [7, 11) is -3.51. The predicted octanol–water partition coefficient (Wildman–Crippen LogP) is 3.04. The molecule has 0 aliphatic heterocycles. The van der Waals surface area contributed by atoms with Crippen molar-refractivity contribution in [3.63, 3.8) is 0 Å². The number of anilines is 3. The number of ether oxygens (including phenoxy) is 1. The molecule has 0 bridgehead atoms. The lowest BCUT2D eigenvalue weighted by atomic mass is 10.1. The van der Waals surface area contributed by atoms with Gasteiger partial charge in [0.05, 0.1) is 29.9 Å². The fraction of sp³-hybridized carbons (Fsp3) is 0.364. The summed E-state index contributed by atoms with van der Waals surface area (Å²) in [6.45, 7) is 2.04. The van der Waals surface area contributed by atoms with Crippen molar-refractivity contribution in [2.75, 3.05) is 22.4 Å². The van der Waals surface area contributed by atoms with Crippen LogP contribution < -0.4 is 20.5 Å². The Morgan fingerprint density at radius 3 is 2.74 bits per heavy atom. The molecule has 1 aromatic carbocycles. The number of aromatic nitrogens is 4. The van der Waals surface area contributed by atoms with Crippen LogP contribution in [0.4, 0.5) is 17.3 Å². The number of nitrogens with one attached hydrogen (secondary N) is 3. The van der Waals surface area contributed by atoms with Crippen molar-refractivity contribution in [2.45, 2.75) is 32.6 Å². The van der Waals surface area contributed by atoms with E-state index in [1.165, 1.54) is 31.4 Å². The van der Waals surface area contributed by atoms with Gasteiger partial charge in [0.1, 0.15) is 17.1 Å². The van der Waals surface area contributed by atoms with Crippen LogP contribution in [0.3, 0.4) is 0 Å². The normalized spacial score (nSPS) is 14.1. The molecule has 34 heavy (non-hydrogen) atoms. The van der Waals surface area contributed by atoms with Crippen LogP contribution in [0.15, 0.2) is 36.8 Å². The molecule has 4 rings (SSSR count). The standard InChI is InChI=1S/C22H27N7O4S/c1-2-34(31,32)29-16-8-7-15(11-17(16)33-13-14-5-3-4-6-14)20-19(21(23)30)22(28-27-20)26-18-12-24-9-10-25-18/h7-12,14,29H,2-6,13H2,1H3,(H2,23,30)(H2,25,26,27,28). The number of aromatic amines is 1. The van der Waals surface area contributed by atoms with Crippen molar-refractivity contribution in [1.29, 1.82) is 0 Å². The third-order valence-electron chi connectivity index (χ3n) is 5.69. The summed E-state index contributed by atoms with van der Waals surface area (Å²) < 4.78 is 33.0. The predicted molar refractivity (Wildman–Crippen MR) is 128 cm³/mol. The SMILES string of the molecule is CCS(=O)(=O)Nc1ccc(-c2[nH]nc(Nc3cnccn3)c2C(N)=O)cc1OCC1CCCC1. The quantitative estimate of drug-likeness (QED) is 0.340. The highest BCUT2D eigenvalue weighted by Crippen LogP contribution is 2.35. The molecule has 1 aliphatic rings. The Kier molecular flexibility index (Phi) is 6.96. The minimum atomic E-state index is -3.51. The number of H-pyrrole nitrogens is 1. The molecule has 1 aliphatic carbocycles. The van der Waals surface area contributed by atoms with Crippen molar-refractivity contribution in [3.8, 4) is 17.0 Å². The van der Waals surface area contributed by atoms with E-state index in [4.69, 9.17) is 10.5 Å². The number of hydrogen-bond acceptors (Lipinski definition) is 8. The molecule has 2 heterocycles. The summed E-state index contributed by atoms with van der Waals surface area (Å²) >= 11 is 0. The second-order valence-electron chi connectivity index (χ2n) is 8.08. The molecule has 2 aromatic heterocycles. The topological polar surface area (TPSA) is 165 Å². The van der Waals surface area contributed by atoms with Crippen molar-refractivity contribution in [1.82, 2.24) is 20.2 Å². The number of nitrogens with zero attached hydrogens (tertiary/aromatic N) is 3. The third-order valence-corrected chi connectivity index (χ3v) is 6.98. The van der Waals surface area contributed by atoms with Gasteiger partial charge in [0.25, 0.3) is 5.91 Å². The van der Waals surface area contributed by atoms with E-state index in [0.29, 0.717) is 41.0 Å². The highest BCUT2D eigenvalue weighted by Gasteiger charge is 2.23. The van der Waals surface area contributed by atoms with E-state index in [0.717, 1.165) is 12.8 Å². The third kappa shape index (κ3) is 5.45. The molecule has 11 nitrogen and oxygen atoms in total. The van der Waals surface area contributed by atoms with Gasteiger partial charge >= 0.3 is 0 Å². The molecule has 1 fully saturated rings. The average molecular weight is 486 g/mol. The number of sulfonamides is 1. The van der Waals surface area contributed by atoms with Crippen LogP contribution in [-0.2, 0) is 10.0 Å². The zero-order valence-corrected chi connectivity index (χ0v) is 19.6. The van der Waals surface area contributed by atoms with E-state index in [1.807, 2.05) is 0 Å². The highest BCUT2D eigenvalue weighted by molar-refractivity contribution is 7.92. The highest BCUT2D eigenvalue weighted by atomic mass is 32.2. The zero-order valence-electron chi connectivity index (χ0n) is 18.7. The summed E-state index contributed by atoms with van der Waals surface area (Å²) in [4.78, 5) is 20.4. The van der Waals surface area contributed by atoms with Crippen LogP contribution in [0.2, 0.25) is 0 Å². The lowest BCUT2D eigenvalue weighted by Gasteiger charge is -2.17. The fourth-order valence-electron chi connectivity index (χ4n) is 3.87. The molecule has 1 amide bonds. The first-order valence-electron chi connectivity index (χ1n) is 11.0. The van der Waals surface area contributed by atoms with E-state index in [2.05, 4.69) is 30.2 Å². The first-order valence-corrected chi connectivity index (χ1v) is 12.7. The molecule has 180 valence electrons. The Bertz CT molecular complexity index is 1260. The maximum Gasteiger partial charge on any atom is 0.254 e. The molecule has 0 radical (unpaired) electrons. The first kappa shape index (κ1) is 23.5. The molecule has 0 spiro atoms. The van der Waals surface area contributed by atoms with Gasteiger partial charge in [-0.25, -0.2) is 13.4 Å². The van der Waals surface area contributed by atoms with Crippen LogP contribution in [0.25, 0.3) is 11.3 Å². The lowest BCUT2D eigenvalue weighted by Crippen LogP contribution is -2.16. The van der Waals surface area contributed by atoms with E-state index < -0.39 is 15.9 Å². The second kappa shape index (κ2) is 10.1. The fourth-order valence-corrected chi connectivity index (χ4v) is 4.52. The number of nitrogens with two attached hydrogens (primary N) is 1. The maximum absolute atomic E-state index is 12.3. The number of amides is 1. The molecular formula is C22H27N7O4S. The van der Waals surface area contributed by atoms with Gasteiger partial charge in [-0.3, -0.25) is 19.6 Å². The summed E-state index contributed by atoms with van der Waals surface area (Å²) in [6, 6.07) is 4.95. The monoisotopic (exact) mass is 485 g/mol. The maximum atomic E-state index is 12.3. The Labute approximate surface area is 197 Å². The summed E-state index contributed by atoms with van der Waals surface area (Å²) in [6.07, 6.45) is 9.02. The smallest absolute Gasteiger partial charge is 0.254 e. The zero-order chi connectivity index (χ0) is 24.1. The van der Waals surface area contributed by atoms with E-state index in [1.54, 1.807) is 25.1 Å². The summed E-state index contributed by atoms with van der Waals surface area (Å²) in [5.41, 5.74) is 7.07. The summed E-state index contributed by atoms with van der Waals surface area (Å²) in [5, 5.41) is 9.96. The molecule has 1 saturated carbocycles. The molecule has 12 heteroatoms. The number of hydrogen-bond donors (Lipinski definition) is 4. The van der Waals surface area contributed by atoms with Crippen LogP contribution in [-0.4, -0.2) is 46.9 Å². The average Bonchev–Trinajstić information content (AvgIpc) is 3.49. The molecular weight excluding hydrogens is 458 g/mol.